The van der Waals surface area contributed by atoms with Gasteiger partial charge in [0.25, 0.3) is 0 Å². The van der Waals surface area contributed by atoms with E-state index in [1.807, 2.05) is 12.1 Å². The third-order valence-electron chi connectivity index (χ3n) is 6.30. The molecule has 0 spiro atoms. The molecule has 11 heteroatoms. The third-order valence-corrected chi connectivity index (χ3v) is 7.47. The molecule has 0 bridgehead atoms. The van der Waals surface area contributed by atoms with Crippen LogP contribution < -0.4 is 20.7 Å². The fourth-order valence-electron chi connectivity index (χ4n) is 4.26. The molecule has 2 amide bonds. The molecule has 2 heterocycles. The van der Waals surface area contributed by atoms with Crippen LogP contribution in [-0.2, 0) is 20.9 Å². The summed E-state index contributed by atoms with van der Waals surface area (Å²) < 4.78 is 41.6. The highest BCUT2D eigenvalue weighted by Crippen LogP contribution is 2.40. The van der Waals surface area contributed by atoms with E-state index in [9.17, 15) is 14.0 Å². The first-order valence-corrected chi connectivity index (χ1v) is 14.2. The highest BCUT2D eigenvalue weighted by molar-refractivity contribution is 7.22. The van der Waals surface area contributed by atoms with Gasteiger partial charge >= 0.3 is 0 Å². The van der Waals surface area contributed by atoms with Crippen LogP contribution in [0.2, 0.25) is 0 Å². The Kier molecular flexibility index (Phi) is 9.67. The summed E-state index contributed by atoms with van der Waals surface area (Å²) in [6.45, 7) is 1.75. The fourth-order valence-corrected chi connectivity index (χ4v) is 5.35. The molecule has 0 saturated heterocycles. The molecular formula is C32H28F2N4O4S. The van der Waals surface area contributed by atoms with E-state index in [4.69, 9.17) is 9.47 Å². The Labute approximate surface area is 250 Å². The number of methoxy groups -OCH3 is 1. The molecule has 220 valence electrons. The van der Waals surface area contributed by atoms with Crippen molar-refractivity contribution in [2.45, 2.75) is 13.0 Å². The van der Waals surface area contributed by atoms with Crippen molar-refractivity contribution in [2.75, 3.05) is 30.9 Å². The number of hydrogen-bond donors (Lipinski definition) is 3. The number of nitrogens with one attached hydrogen (secondary N) is 3. The van der Waals surface area contributed by atoms with Crippen molar-refractivity contribution in [1.82, 2.24) is 10.3 Å². The van der Waals surface area contributed by atoms with Gasteiger partial charge in [0.15, 0.2) is 11.6 Å². The van der Waals surface area contributed by atoms with E-state index in [-0.39, 0.29) is 17.3 Å². The molecule has 5 rings (SSSR count). The van der Waals surface area contributed by atoms with Crippen LogP contribution in [0.4, 0.5) is 20.2 Å². The van der Waals surface area contributed by atoms with Gasteiger partial charge in [-0.2, -0.15) is 0 Å². The number of anilines is 2. The number of amides is 2. The van der Waals surface area contributed by atoms with Crippen LogP contribution in [0.1, 0.15) is 12.0 Å². The average molecular weight is 603 g/mol. The quantitative estimate of drug-likeness (QED) is 0.108. The average Bonchev–Trinajstić information content (AvgIpc) is 3.42. The van der Waals surface area contributed by atoms with Gasteiger partial charge in [0, 0.05) is 60.3 Å². The number of rotatable bonds is 12. The summed E-state index contributed by atoms with van der Waals surface area (Å²) in [7, 11) is 1.62. The SMILES string of the molecule is COCCNCc1ccc(-c2cc3nccc(Oc4ccc(NC(=O)CC(=O)Nc5ccccc5)cc4F)c3s2)c(F)c1. The van der Waals surface area contributed by atoms with Crippen molar-refractivity contribution < 1.29 is 27.8 Å². The van der Waals surface area contributed by atoms with Crippen LogP contribution in [0, 0.1) is 11.6 Å². The molecule has 3 N–H and O–H groups in total. The summed E-state index contributed by atoms with van der Waals surface area (Å²) in [5, 5.41) is 8.33. The number of benzene rings is 3. The maximum absolute atomic E-state index is 15.0. The standard InChI is InChI=1S/C32H28F2N4O4S/c1-41-14-13-35-19-20-7-9-23(24(33)15-20)29-17-26-32(43-29)28(11-12-36-26)42-27-10-8-22(16-25(27)34)38-31(40)18-30(39)37-21-5-3-2-4-6-21/h2-12,15-17,35H,13-14,18-19H2,1H3,(H,37,39)(H,38,40). The lowest BCUT2D eigenvalue weighted by Crippen LogP contribution is -2.21. The topological polar surface area (TPSA) is 102 Å². The molecule has 0 atom stereocenters. The molecule has 0 fully saturated rings. The third kappa shape index (κ3) is 7.77. The Balaban J connectivity index is 1.25. The zero-order valence-electron chi connectivity index (χ0n) is 23.2. The molecule has 0 aliphatic heterocycles. The Hall–Kier alpha value is -4.71. The number of para-hydroxylation sites is 1. The monoisotopic (exact) mass is 602 g/mol. The zero-order chi connectivity index (χ0) is 30.2. The van der Waals surface area contributed by atoms with Gasteiger partial charge in [-0.05, 0) is 42.0 Å². The number of ether oxygens (including phenoxy) is 2. The van der Waals surface area contributed by atoms with Crippen molar-refractivity contribution in [3.05, 3.63) is 102 Å². The highest BCUT2D eigenvalue weighted by atomic mass is 32.1. The fraction of sp³-hybridized carbons (Fsp3) is 0.156. The number of thiophene rings is 1. The molecular weight excluding hydrogens is 574 g/mol. The molecule has 0 aliphatic carbocycles. The lowest BCUT2D eigenvalue weighted by Gasteiger charge is -2.10. The molecule has 5 aromatic rings. The van der Waals surface area contributed by atoms with Crippen molar-refractivity contribution in [3.63, 3.8) is 0 Å². The second kappa shape index (κ2) is 14.0. The first-order valence-electron chi connectivity index (χ1n) is 13.4. The number of pyridine rings is 1. The van der Waals surface area contributed by atoms with Gasteiger partial charge in [0.2, 0.25) is 11.8 Å². The molecule has 43 heavy (non-hydrogen) atoms. The largest absolute Gasteiger partial charge is 0.453 e. The summed E-state index contributed by atoms with van der Waals surface area (Å²) in [5.41, 5.74) is 2.57. The smallest absolute Gasteiger partial charge is 0.233 e. The van der Waals surface area contributed by atoms with Crippen LogP contribution >= 0.6 is 11.3 Å². The molecule has 8 nitrogen and oxygen atoms in total. The summed E-state index contributed by atoms with van der Waals surface area (Å²) in [5.74, 6) is -1.87. The van der Waals surface area contributed by atoms with Crippen molar-refractivity contribution >= 4 is 44.7 Å². The molecule has 0 radical (unpaired) electrons. The molecule has 3 aromatic carbocycles. The Morgan fingerprint density at radius 3 is 2.40 bits per heavy atom. The zero-order valence-corrected chi connectivity index (χ0v) is 24.0. The summed E-state index contributed by atoms with van der Waals surface area (Å²) >= 11 is 1.29. The van der Waals surface area contributed by atoms with E-state index in [0.717, 1.165) is 11.6 Å². The minimum atomic E-state index is -0.714. The van der Waals surface area contributed by atoms with Gasteiger partial charge in [-0.15, -0.1) is 11.3 Å². The van der Waals surface area contributed by atoms with E-state index in [0.29, 0.717) is 51.8 Å². The number of halogens is 2. The number of carbonyl (C=O) groups excluding carboxylic acids is 2. The minimum absolute atomic E-state index is 0.0706. The predicted molar refractivity (Wildman–Crippen MR) is 163 cm³/mol. The van der Waals surface area contributed by atoms with E-state index >= 15 is 4.39 Å². The van der Waals surface area contributed by atoms with Gasteiger partial charge in [-0.3, -0.25) is 14.6 Å². The van der Waals surface area contributed by atoms with Gasteiger partial charge in [-0.25, -0.2) is 8.78 Å². The lowest BCUT2D eigenvalue weighted by atomic mass is 10.1. The summed E-state index contributed by atoms with van der Waals surface area (Å²) in [6, 6.07) is 21.2. The highest BCUT2D eigenvalue weighted by Gasteiger charge is 2.16. The first-order chi connectivity index (χ1) is 20.9. The molecule has 2 aromatic heterocycles. The van der Waals surface area contributed by atoms with Crippen LogP contribution in [0.5, 0.6) is 11.5 Å². The normalized spacial score (nSPS) is 11.0. The maximum atomic E-state index is 15.0. The van der Waals surface area contributed by atoms with E-state index in [2.05, 4.69) is 20.9 Å². The van der Waals surface area contributed by atoms with Crippen LogP contribution in [-0.4, -0.2) is 37.1 Å². The van der Waals surface area contributed by atoms with Crippen LogP contribution in [0.25, 0.3) is 20.7 Å². The van der Waals surface area contributed by atoms with Crippen molar-refractivity contribution in [2.24, 2.45) is 0 Å². The molecule has 0 aliphatic rings. The van der Waals surface area contributed by atoms with Crippen LogP contribution in [0.15, 0.2) is 85.1 Å². The van der Waals surface area contributed by atoms with Gasteiger partial charge < -0.3 is 25.4 Å². The number of fused-ring (bicyclic) bond motifs is 1. The Morgan fingerprint density at radius 1 is 0.860 bits per heavy atom. The summed E-state index contributed by atoms with van der Waals surface area (Å²) in [6.07, 6.45) is 1.10. The summed E-state index contributed by atoms with van der Waals surface area (Å²) in [4.78, 5) is 29.5. The predicted octanol–water partition coefficient (Wildman–Crippen LogP) is 6.74. The Morgan fingerprint density at radius 2 is 1.65 bits per heavy atom. The first kappa shape index (κ1) is 29.8. The van der Waals surface area contributed by atoms with Gasteiger partial charge in [-0.1, -0.05) is 30.3 Å². The minimum Gasteiger partial charge on any atom is -0.453 e. The number of nitrogens with zero attached hydrogens (tertiary/aromatic N) is 1. The van der Waals surface area contributed by atoms with Gasteiger partial charge in [0.05, 0.1) is 16.8 Å². The van der Waals surface area contributed by atoms with Gasteiger partial charge in [0.1, 0.15) is 18.0 Å². The van der Waals surface area contributed by atoms with E-state index < -0.39 is 24.1 Å². The van der Waals surface area contributed by atoms with Crippen LogP contribution in [0.3, 0.4) is 0 Å². The molecule has 0 unspecified atom stereocenters. The lowest BCUT2D eigenvalue weighted by molar-refractivity contribution is -0.123. The maximum Gasteiger partial charge on any atom is 0.233 e. The van der Waals surface area contributed by atoms with E-state index in [1.165, 1.54) is 35.7 Å². The molecule has 0 saturated carbocycles. The Bertz CT molecular complexity index is 1750. The number of aromatic nitrogens is 1. The second-order valence-corrected chi connectivity index (χ2v) is 10.6. The van der Waals surface area contributed by atoms with Crippen molar-refractivity contribution in [3.8, 4) is 21.9 Å². The number of hydrogen-bond acceptors (Lipinski definition) is 7. The second-order valence-electron chi connectivity index (χ2n) is 9.50. The number of carbonyl (C=O) groups is 2. The van der Waals surface area contributed by atoms with E-state index in [1.54, 1.807) is 49.6 Å². The van der Waals surface area contributed by atoms with Crippen molar-refractivity contribution in [1.29, 1.82) is 0 Å².